The van der Waals surface area contributed by atoms with Gasteiger partial charge in [0.25, 0.3) is 5.56 Å². The lowest BCUT2D eigenvalue weighted by Crippen LogP contribution is -2.26. The van der Waals surface area contributed by atoms with E-state index in [9.17, 15) is 4.79 Å². The van der Waals surface area contributed by atoms with Gasteiger partial charge in [-0.05, 0) is 44.2 Å². The van der Waals surface area contributed by atoms with E-state index < -0.39 is 0 Å². The number of methoxy groups -OCH3 is 1. The van der Waals surface area contributed by atoms with Crippen LogP contribution in [0.4, 0.5) is 0 Å². The second kappa shape index (κ2) is 7.81. The van der Waals surface area contributed by atoms with Crippen LogP contribution in [0.5, 0.6) is 5.75 Å². The van der Waals surface area contributed by atoms with Crippen LogP contribution in [0, 0.1) is 13.8 Å². The maximum absolute atomic E-state index is 13.5. The summed E-state index contributed by atoms with van der Waals surface area (Å²) in [6, 6.07) is 13.2. The summed E-state index contributed by atoms with van der Waals surface area (Å²) in [5.74, 6) is 1.34. The molecular formula is C24H21N5O3. The first kappa shape index (κ1) is 19.7. The standard InChI is InChI=1S/C24H21N5O3/c1-15-23(16(2)32-27-15)19-11-17-12-21(29-10-6-9-26-29)24(30)28(20(17)13-22(19)31-3)14-18-7-4-5-8-25-18/h4-13H,14H2,1-3H3. The smallest absolute Gasteiger partial charge is 0.277 e. The molecule has 0 aliphatic heterocycles. The van der Waals surface area contributed by atoms with Gasteiger partial charge < -0.3 is 13.8 Å². The molecule has 0 fully saturated rings. The molecule has 0 spiro atoms. The number of aryl methyl sites for hydroxylation is 2. The minimum absolute atomic E-state index is 0.168. The van der Waals surface area contributed by atoms with Crippen LogP contribution >= 0.6 is 0 Å². The maximum Gasteiger partial charge on any atom is 0.277 e. The molecule has 160 valence electrons. The Morgan fingerprint density at radius 2 is 1.97 bits per heavy atom. The van der Waals surface area contributed by atoms with Gasteiger partial charge in [0, 0.05) is 35.6 Å². The largest absolute Gasteiger partial charge is 0.496 e. The highest BCUT2D eigenvalue weighted by Crippen LogP contribution is 2.37. The summed E-state index contributed by atoms with van der Waals surface area (Å²) in [7, 11) is 1.61. The van der Waals surface area contributed by atoms with E-state index in [0.717, 1.165) is 33.4 Å². The number of benzene rings is 1. The molecule has 5 rings (SSSR count). The van der Waals surface area contributed by atoms with Crippen LogP contribution in [0.2, 0.25) is 0 Å². The van der Waals surface area contributed by atoms with Gasteiger partial charge in [-0.2, -0.15) is 5.10 Å². The Bertz CT molecular complexity index is 1450. The Hall–Kier alpha value is -4.20. The Kier molecular flexibility index (Phi) is 4.82. The lowest BCUT2D eigenvalue weighted by molar-refractivity contribution is 0.393. The molecule has 0 aliphatic carbocycles. The van der Waals surface area contributed by atoms with Crippen molar-refractivity contribution in [3.05, 3.63) is 88.6 Å². The summed E-state index contributed by atoms with van der Waals surface area (Å²) in [5.41, 5.74) is 4.31. The molecule has 4 aromatic heterocycles. The van der Waals surface area contributed by atoms with Crippen LogP contribution in [-0.4, -0.2) is 31.6 Å². The molecule has 0 saturated heterocycles. The average Bonchev–Trinajstić information content (AvgIpc) is 3.45. The van der Waals surface area contributed by atoms with Crippen molar-refractivity contribution in [2.45, 2.75) is 20.4 Å². The van der Waals surface area contributed by atoms with Gasteiger partial charge in [-0.25, -0.2) is 4.68 Å². The van der Waals surface area contributed by atoms with E-state index in [1.165, 1.54) is 0 Å². The van der Waals surface area contributed by atoms with Crippen molar-refractivity contribution >= 4 is 10.9 Å². The number of nitrogens with zero attached hydrogens (tertiary/aromatic N) is 5. The summed E-state index contributed by atoms with van der Waals surface area (Å²) in [6.07, 6.45) is 5.12. The van der Waals surface area contributed by atoms with Gasteiger partial charge in [0.2, 0.25) is 0 Å². The molecule has 4 heterocycles. The Balaban J connectivity index is 1.82. The van der Waals surface area contributed by atoms with Crippen LogP contribution in [0.1, 0.15) is 17.1 Å². The van der Waals surface area contributed by atoms with Crippen LogP contribution in [0.3, 0.4) is 0 Å². The zero-order chi connectivity index (χ0) is 22.2. The van der Waals surface area contributed by atoms with E-state index in [1.807, 2.05) is 50.2 Å². The van der Waals surface area contributed by atoms with E-state index in [0.29, 0.717) is 23.7 Å². The highest BCUT2D eigenvalue weighted by molar-refractivity contribution is 5.90. The van der Waals surface area contributed by atoms with Gasteiger partial charge in [-0.3, -0.25) is 9.78 Å². The molecule has 5 aromatic rings. The van der Waals surface area contributed by atoms with E-state index in [4.69, 9.17) is 9.26 Å². The zero-order valence-electron chi connectivity index (χ0n) is 17.9. The lowest BCUT2D eigenvalue weighted by Gasteiger charge is -2.16. The number of hydrogen-bond acceptors (Lipinski definition) is 6. The molecule has 0 atom stereocenters. The third-order valence-electron chi connectivity index (χ3n) is 5.50. The van der Waals surface area contributed by atoms with Crippen molar-refractivity contribution < 1.29 is 9.26 Å². The highest BCUT2D eigenvalue weighted by Gasteiger charge is 2.20. The second-order valence-electron chi connectivity index (χ2n) is 7.50. The number of rotatable bonds is 5. The number of hydrogen-bond donors (Lipinski definition) is 0. The first-order chi connectivity index (χ1) is 15.6. The maximum atomic E-state index is 13.5. The molecule has 0 bridgehead atoms. The van der Waals surface area contributed by atoms with Gasteiger partial charge in [-0.15, -0.1) is 0 Å². The number of fused-ring (bicyclic) bond motifs is 1. The van der Waals surface area contributed by atoms with Crippen LogP contribution in [-0.2, 0) is 6.54 Å². The Labute approximate surface area is 183 Å². The summed E-state index contributed by atoms with van der Waals surface area (Å²) in [5, 5.41) is 9.22. The van der Waals surface area contributed by atoms with E-state index in [-0.39, 0.29) is 5.56 Å². The van der Waals surface area contributed by atoms with Crippen molar-refractivity contribution in [1.29, 1.82) is 0 Å². The Morgan fingerprint density at radius 1 is 1.09 bits per heavy atom. The van der Waals surface area contributed by atoms with Crippen molar-refractivity contribution in [3.63, 3.8) is 0 Å². The first-order valence-corrected chi connectivity index (χ1v) is 10.2. The summed E-state index contributed by atoms with van der Waals surface area (Å²) in [6.45, 7) is 4.09. The molecule has 1 aromatic carbocycles. The van der Waals surface area contributed by atoms with Crippen molar-refractivity contribution in [1.82, 2.24) is 24.5 Å². The number of pyridine rings is 2. The fraction of sp³-hybridized carbons (Fsp3) is 0.167. The van der Waals surface area contributed by atoms with E-state index in [2.05, 4.69) is 15.2 Å². The first-order valence-electron chi connectivity index (χ1n) is 10.2. The molecule has 8 nitrogen and oxygen atoms in total. The highest BCUT2D eigenvalue weighted by atomic mass is 16.5. The molecule has 8 heteroatoms. The molecule has 0 N–H and O–H groups in total. The molecule has 0 unspecified atom stereocenters. The third kappa shape index (κ3) is 3.26. The Morgan fingerprint density at radius 3 is 2.62 bits per heavy atom. The quantitative estimate of drug-likeness (QED) is 0.423. The van der Waals surface area contributed by atoms with Gasteiger partial charge in [0.05, 0.1) is 36.1 Å². The van der Waals surface area contributed by atoms with Gasteiger partial charge in [0.1, 0.15) is 17.2 Å². The molecule has 0 saturated carbocycles. The van der Waals surface area contributed by atoms with Crippen molar-refractivity contribution in [2.24, 2.45) is 0 Å². The van der Waals surface area contributed by atoms with Crippen LogP contribution < -0.4 is 10.3 Å². The van der Waals surface area contributed by atoms with Gasteiger partial charge in [0.15, 0.2) is 0 Å². The van der Waals surface area contributed by atoms with E-state index in [1.54, 1.807) is 41.0 Å². The molecule has 0 radical (unpaired) electrons. The van der Waals surface area contributed by atoms with Crippen LogP contribution in [0.15, 0.2) is 70.4 Å². The van der Waals surface area contributed by atoms with Gasteiger partial charge >= 0.3 is 0 Å². The number of aromatic nitrogens is 5. The molecular weight excluding hydrogens is 406 g/mol. The van der Waals surface area contributed by atoms with Crippen LogP contribution in [0.25, 0.3) is 27.7 Å². The second-order valence-corrected chi connectivity index (χ2v) is 7.50. The normalized spacial score (nSPS) is 11.2. The molecule has 32 heavy (non-hydrogen) atoms. The summed E-state index contributed by atoms with van der Waals surface area (Å²) in [4.78, 5) is 17.9. The summed E-state index contributed by atoms with van der Waals surface area (Å²) < 4.78 is 14.4. The van der Waals surface area contributed by atoms with E-state index >= 15 is 0 Å². The summed E-state index contributed by atoms with van der Waals surface area (Å²) >= 11 is 0. The predicted octanol–water partition coefficient (Wildman–Crippen LogP) is 3.91. The zero-order valence-corrected chi connectivity index (χ0v) is 17.9. The lowest BCUT2D eigenvalue weighted by atomic mass is 10.00. The minimum atomic E-state index is -0.168. The third-order valence-corrected chi connectivity index (χ3v) is 5.50. The fourth-order valence-corrected chi connectivity index (χ4v) is 4.01. The number of ether oxygens (including phenoxy) is 1. The average molecular weight is 427 g/mol. The molecule has 0 aliphatic rings. The van der Waals surface area contributed by atoms with Crippen molar-refractivity contribution in [2.75, 3.05) is 7.11 Å². The molecule has 0 amide bonds. The van der Waals surface area contributed by atoms with Crippen molar-refractivity contribution in [3.8, 4) is 22.6 Å². The predicted molar refractivity (Wildman–Crippen MR) is 120 cm³/mol. The topological polar surface area (TPSA) is 88.0 Å². The minimum Gasteiger partial charge on any atom is -0.496 e. The fourth-order valence-electron chi connectivity index (χ4n) is 4.01. The monoisotopic (exact) mass is 427 g/mol. The SMILES string of the molecule is COc1cc2c(cc1-c1c(C)noc1C)cc(-n1cccn1)c(=O)n2Cc1ccccn1. The van der Waals surface area contributed by atoms with Gasteiger partial charge in [-0.1, -0.05) is 11.2 Å².